The van der Waals surface area contributed by atoms with E-state index < -0.39 is 11.9 Å². The zero-order valence-electron chi connectivity index (χ0n) is 11.4. The van der Waals surface area contributed by atoms with Gasteiger partial charge in [-0.05, 0) is 31.0 Å². The number of aliphatic carboxylic acids is 1. The van der Waals surface area contributed by atoms with Gasteiger partial charge in [-0.15, -0.1) is 0 Å². The Bertz CT molecular complexity index is 542. The topological polar surface area (TPSA) is 92.9 Å². The highest BCUT2D eigenvalue weighted by molar-refractivity contribution is 9.10. The molecule has 0 aliphatic carbocycles. The number of nitrogens with zero attached hydrogens (tertiary/aromatic N) is 1. The number of amides is 1. The number of anilines is 1. The Morgan fingerprint density at radius 1 is 1.38 bits per heavy atom. The highest BCUT2D eigenvalue weighted by atomic mass is 79.9. The van der Waals surface area contributed by atoms with E-state index in [2.05, 4.69) is 20.8 Å². The number of carboxylic acid groups (broad SMARTS) is 1. The maximum absolute atomic E-state index is 11.5. The van der Waals surface area contributed by atoms with Crippen molar-refractivity contribution in [3.05, 3.63) is 28.2 Å². The Balaban J connectivity index is 2.03. The van der Waals surface area contributed by atoms with E-state index in [9.17, 15) is 9.59 Å². The van der Waals surface area contributed by atoms with E-state index in [4.69, 9.17) is 15.6 Å². The predicted octanol–water partition coefficient (Wildman–Crippen LogP) is 1.62. The molecule has 1 amide bonds. The lowest BCUT2D eigenvalue weighted by molar-refractivity contribution is -0.144. The molecular weight excluding hydrogens is 340 g/mol. The molecule has 6 nitrogen and oxygen atoms in total. The van der Waals surface area contributed by atoms with Crippen LogP contribution in [0, 0.1) is 0 Å². The molecular formula is C14H17BrN2O4. The van der Waals surface area contributed by atoms with E-state index in [-0.39, 0.29) is 12.7 Å². The molecule has 0 atom stereocenters. The number of carbonyl (C=O) groups is 2. The van der Waals surface area contributed by atoms with Gasteiger partial charge in [-0.25, -0.2) is 4.79 Å². The van der Waals surface area contributed by atoms with Gasteiger partial charge in [0.15, 0.2) is 0 Å². The van der Waals surface area contributed by atoms with Crippen molar-refractivity contribution in [1.82, 2.24) is 0 Å². The molecule has 3 N–H and O–H groups in total. The number of hydrogen-bond donors (Lipinski definition) is 2. The second kappa shape index (κ2) is 6.91. The quantitative estimate of drug-likeness (QED) is 0.835. The minimum Gasteiger partial charge on any atom is -0.480 e. The summed E-state index contributed by atoms with van der Waals surface area (Å²) in [5.74, 6) is -1.41. The third-order valence-corrected chi connectivity index (χ3v) is 3.94. The van der Waals surface area contributed by atoms with Crippen molar-refractivity contribution in [2.75, 3.05) is 24.6 Å². The van der Waals surface area contributed by atoms with E-state index in [0.717, 1.165) is 23.0 Å². The number of rotatable bonds is 5. The molecule has 0 bridgehead atoms. The van der Waals surface area contributed by atoms with Crippen LogP contribution in [0.3, 0.4) is 0 Å². The van der Waals surface area contributed by atoms with Gasteiger partial charge in [0, 0.05) is 17.6 Å². The highest BCUT2D eigenvalue weighted by Gasteiger charge is 2.23. The first-order chi connectivity index (χ1) is 9.97. The van der Waals surface area contributed by atoms with E-state index in [1.54, 1.807) is 12.1 Å². The fraction of sp³-hybridized carbons (Fsp3) is 0.429. The number of primary amides is 1. The molecule has 7 heteroatoms. The fourth-order valence-electron chi connectivity index (χ4n) is 2.43. The van der Waals surface area contributed by atoms with Crippen LogP contribution in [-0.4, -0.2) is 42.8 Å². The van der Waals surface area contributed by atoms with Crippen molar-refractivity contribution in [1.29, 1.82) is 0 Å². The molecule has 0 spiro atoms. The average molecular weight is 357 g/mol. The molecule has 1 aliphatic heterocycles. The van der Waals surface area contributed by atoms with Crippen LogP contribution in [0.15, 0.2) is 22.7 Å². The molecule has 21 heavy (non-hydrogen) atoms. The van der Waals surface area contributed by atoms with Gasteiger partial charge in [-0.3, -0.25) is 4.79 Å². The van der Waals surface area contributed by atoms with Crippen LogP contribution >= 0.6 is 15.9 Å². The zero-order chi connectivity index (χ0) is 15.4. The third kappa shape index (κ3) is 4.18. The molecule has 1 aromatic carbocycles. The summed E-state index contributed by atoms with van der Waals surface area (Å²) in [6, 6.07) is 5.36. The fourth-order valence-corrected chi connectivity index (χ4v) is 2.78. The Morgan fingerprint density at radius 3 is 2.62 bits per heavy atom. The molecule has 0 radical (unpaired) electrons. The smallest absolute Gasteiger partial charge is 0.329 e. The maximum atomic E-state index is 11.5. The van der Waals surface area contributed by atoms with E-state index in [1.165, 1.54) is 0 Å². The second-order valence-electron chi connectivity index (χ2n) is 4.92. The normalized spacial score (nSPS) is 16.0. The Hall–Kier alpha value is -1.60. The van der Waals surface area contributed by atoms with Crippen LogP contribution in [0.2, 0.25) is 0 Å². The first-order valence-corrected chi connectivity index (χ1v) is 7.44. The van der Waals surface area contributed by atoms with Gasteiger partial charge >= 0.3 is 5.97 Å². The molecule has 1 aromatic rings. The number of hydrogen-bond acceptors (Lipinski definition) is 4. The van der Waals surface area contributed by atoms with E-state index in [0.29, 0.717) is 18.7 Å². The van der Waals surface area contributed by atoms with Crippen molar-refractivity contribution >= 4 is 33.5 Å². The molecule has 2 rings (SSSR count). The molecule has 0 saturated carbocycles. The minimum atomic E-state index is -0.958. The number of carbonyl (C=O) groups excluding carboxylic acids is 1. The standard InChI is InChI=1S/C14H17BrN2O4/c15-9-1-2-11(14(16)20)12(7-9)17-5-3-10(4-6-17)21-8-13(18)19/h1-2,7,10H,3-6,8H2,(H2,16,20)(H,18,19). The van der Waals surface area contributed by atoms with Crippen molar-refractivity contribution < 1.29 is 19.4 Å². The van der Waals surface area contributed by atoms with Gasteiger partial charge in [0.1, 0.15) is 6.61 Å². The van der Waals surface area contributed by atoms with Crippen molar-refractivity contribution in [3.8, 4) is 0 Å². The number of piperidine rings is 1. The molecule has 0 aromatic heterocycles. The summed E-state index contributed by atoms with van der Waals surface area (Å²) >= 11 is 3.40. The number of benzene rings is 1. The summed E-state index contributed by atoms with van der Waals surface area (Å²) in [4.78, 5) is 24.1. The Labute approximate surface area is 131 Å². The highest BCUT2D eigenvalue weighted by Crippen LogP contribution is 2.28. The van der Waals surface area contributed by atoms with Gasteiger partial charge in [-0.2, -0.15) is 0 Å². The van der Waals surface area contributed by atoms with Crippen LogP contribution in [0.4, 0.5) is 5.69 Å². The number of halogens is 1. The lowest BCUT2D eigenvalue weighted by Gasteiger charge is -2.34. The molecule has 1 aliphatic rings. The Kier molecular flexibility index (Phi) is 5.19. The van der Waals surface area contributed by atoms with Gasteiger partial charge < -0.3 is 20.5 Å². The van der Waals surface area contributed by atoms with Crippen LogP contribution in [-0.2, 0) is 9.53 Å². The molecule has 1 heterocycles. The first kappa shape index (κ1) is 15.8. The van der Waals surface area contributed by atoms with Crippen LogP contribution < -0.4 is 10.6 Å². The third-order valence-electron chi connectivity index (χ3n) is 3.45. The van der Waals surface area contributed by atoms with E-state index >= 15 is 0 Å². The molecule has 0 unspecified atom stereocenters. The largest absolute Gasteiger partial charge is 0.480 e. The number of ether oxygens (including phenoxy) is 1. The predicted molar refractivity (Wildman–Crippen MR) is 81.5 cm³/mol. The van der Waals surface area contributed by atoms with Gasteiger partial charge in [0.2, 0.25) is 0 Å². The van der Waals surface area contributed by atoms with Crippen molar-refractivity contribution in [2.24, 2.45) is 5.73 Å². The molecule has 114 valence electrons. The van der Waals surface area contributed by atoms with Gasteiger partial charge in [0.25, 0.3) is 5.91 Å². The molecule has 1 fully saturated rings. The van der Waals surface area contributed by atoms with Crippen LogP contribution in [0.5, 0.6) is 0 Å². The summed E-state index contributed by atoms with van der Waals surface area (Å²) in [6.07, 6.45) is 1.39. The van der Waals surface area contributed by atoms with Gasteiger partial charge in [-0.1, -0.05) is 15.9 Å². The lowest BCUT2D eigenvalue weighted by atomic mass is 10.0. The average Bonchev–Trinajstić information content (AvgIpc) is 2.45. The van der Waals surface area contributed by atoms with Crippen LogP contribution in [0.25, 0.3) is 0 Å². The van der Waals surface area contributed by atoms with E-state index in [1.807, 2.05) is 6.07 Å². The number of nitrogens with two attached hydrogens (primary N) is 1. The first-order valence-electron chi connectivity index (χ1n) is 6.65. The summed E-state index contributed by atoms with van der Waals surface area (Å²) in [6.45, 7) is 1.12. The maximum Gasteiger partial charge on any atom is 0.329 e. The van der Waals surface area contributed by atoms with Crippen LogP contribution in [0.1, 0.15) is 23.2 Å². The van der Waals surface area contributed by atoms with Crippen molar-refractivity contribution in [2.45, 2.75) is 18.9 Å². The number of carboxylic acids is 1. The summed E-state index contributed by atoms with van der Waals surface area (Å²) in [5.41, 5.74) is 6.70. The summed E-state index contributed by atoms with van der Waals surface area (Å²) in [7, 11) is 0. The molecule has 1 saturated heterocycles. The summed E-state index contributed by atoms with van der Waals surface area (Å²) < 4.78 is 6.18. The summed E-state index contributed by atoms with van der Waals surface area (Å²) in [5, 5.41) is 8.61. The SMILES string of the molecule is NC(=O)c1ccc(Br)cc1N1CCC(OCC(=O)O)CC1. The van der Waals surface area contributed by atoms with Gasteiger partial charge in [0.05, 0.1) is 17.4 Å². The van der Waals surface area contributed by atoms with Crippen molar-refractivity contribution in [3.63, 3.8) is 0 Å². The minimum absolute atomic E-state index is 0.0541. The zero-order valence-corrected chi connectivity index (χ0v) is 13.0. The monoisotopic (exact) mass is 356 g/mol. The Morgan fingerprint density at radius 2 is 2.05 bits per heavy atom. The second-order valence-corrected chi connectivity index (χ2v) is 5.83. The lowest BCUT2D eigenvalue weighted by Crippen LogP contribution is -2.38.